The van der Waals surface area contributed by atoms with Crippen molar-refractivity contribution in [1.82, 2.24) is 20.0 Å². The van der Waals surface area contributed by atoms with Crippen LogP contribution < -0.4 is 10.2 Å². The molecule has 0 aliphatic heterocycles. The summed E-state index contributed by atoms with van der Waals surface area (Å²) in [6, 6.07) is 17.9. The lowest BCUT2D eigenvalue weighted by Crippen LogP contribution is -2.19. The molecule has 0 aliphatic rings. The number of amides is 1. The fourth-order valence-corrected chi connectivity index (χ4v) is 4.59. The number of carbonyl (C=O) groups is 1. The van der Waals surface area contributed by atoms with Crippen LogP contribution in [0.25, 0.3) is 5.69 Å². The van der Waals surface area contributed by atoms with Crippen molar-refractivity contribution >= 4 is 23.9 Å². The number of carbonyl (C=O) groups excluding carboxylic acids is 1. The molecule has 2 aromatic heterocycles. The maximum absolute atomic E-state index is 13.1. The molecule has 0 saturated heterocycles. The van der Waals surface area contributed by atoms with Gasteiger partial charge in [-0.25, -0.2) is 19.8 Å². The van der Waals surface area contributed by atoms with E-state index in [1.165, 1.54) is 23.9 Å². The summed E-state index contributed by atoms with van der Waals surface area (Å²) in [5, 5.41) is 4.71. The van der Waals surface area contributed by atoms with E-state index in [1.54, 1.807) is 18.3 Å². The van der Waals surface area contributed by atoms with Crippen molar-refractivity contribution in [2.45, 2.75) is 39.5 Å². The van der Waals surface area contributed by atoms with Gasteiger partial charge in [0.05, 0.1) is 12.0 Å². The monoisotopic (exact) mass is 517 g/mol. The number of thioether (sulfide) groups is 1. The maximum atomic E-state index is 13.1. The molecule has 1 amide bonds. The molecule has 1 N–H and O–H groups in total. The molecule has 0 atom stereocenters. The van der Waals surface area contributed by atoms with Gasteiger partial charge >= 0.3 is 0 Å². The van der Waals surface area contributed by atoms with Crippen molar-refractivity contribution < 1.29 is 13.9 Å². The van der Waals surface area contributed by atoms with Crippen molar-refractivity contribution in [3.05, 3.63) is 100 Å². The molecule has 0 spiro atoms. The molecule has 0 fully saturated rings. The van der Waals surface area contributed by atoms with E-state index in [0.717, 1.165) is 45.3 Å². The molecule has 0 bridgehead atoms. The lowest BCUT2D eigenvalue weighted by molar-refractivity contribution is -0.118. The van der Waals surface area contributed by atoms with Gasteiger partial charge in [-0.3, -0.25) is 4.79 Å². The Hall–Kier alpha value is -3.98. The van der Waals surface area contributed by atoms with Crippen molar-refractivity contribution in [2.75, 3.05) is 5.75 Å². The molecule has 0 saturated carbocycles. The third-order valence-corrected chi connectivity index (χ3v) is 6.42. The Bertz CT molecular complexity index is 1400. The first-order valence-electron chi connectivity index (χ1n) is 11.7. The van der Waals surface area contributed by atoms with Crippen molar-refractivity contribution in [2.24, 2.45) is 5.10 Å². The average Bonchev–Trinajstić information content (AvgIpc) is 3.15. The minimum atomic E-state index is -0.264. The van der Waals surface area contributed by atoms with Crippen LogP contribution in [0.5, 0.6) is 5.75 Å². The molecular weight excluding hydrogens is 489 g/mol. The van der Waals surface area contributed by atoms with Gasteiger partial charge in [-0.2, -0.15) is 5.10 Å². The topological polar surface area (TPSA) is 81.4 Å². The van der Waals surface area contributed by atoms with E-state index < -0.39 is 0 Å². The second kappa shape index (κ2) is 11.8. The maximum Gasteiger partial charge on any atom is 0.250 e. The molecule has 7 nitrogen and oxygen atoms in total. The van der Waals surface area contributed by atoms with Gasteiger partial charge in [-0.1, -0.05) is 23.9 Å². The summed E-state index contributed by atoms with van der Waals surface area (Å²) in [6.07, 6.45) is 1.65. The highest BCUT2D eigenvalue weighted by molar-refractivity contribution is 7.99. The molecule has 2 heterocycles. The SMILES string of the molecule is Cc1cc(C)nc(SCC(=O)N/N=C\c2cc(C)n(-c3ccc(OCc4ccc(F)cc4)cc3)c2C)n1. The highest BCUT2D eigenvalue weighted by Gasteiger charge is 2.10. The number of aromatic nitrogens is 3. The van der Waals surface area contributed by atoms with E-state index in [4.69, 9.17) is 4.74 Å². The lowest BCUT2D eigenvalue weighted by atomic mass is 10.2. The number of halogens is 1. The Morgan fingerprint density at radius 1 is 1.03 bits per heavy atom. The largest absolute Gasteiger partial charge is 0.489 e. The van der Waals surface area contributed by atoms with Crippen LogP contribution in [0, 0.1) is 33.5 Å². The van der Waals surface area contributed by atoms with Crippen LogP contribution in [-0.2, 0) is 11.4 Å². The Morgan fingerprint density at radius 2 is 1.70 bits per heavy atom. The van der Waals surface area contributed by atoms with Crippen molar-refractivity contribution in [1.29, 1.82) is 0 Å². The smallest absolute Gasteiger partial charge is 0.250 e. The van der Waals surface area contributed by atoms with Crippen LogP contribution in [0.3, 0.4) is 0 Å². The lowest BCUT2D eigenvalue weighted by Gasteiger charge is -2.11. The van der Waals surface area contributed by atoms with Crippen LogP contribution in [0.15, 0.2) is 70.9 Å². The van der Waals surface area contributed by atoms with Crippen LogP contribution in [0.4, 0.5) is 4.39 Å². The summed E-state index contributed by atoms with van der Waals surface area (Å²) >= 11 is 1.28. The third kappa shape index (κ3) is 7.04. The van der Waals surface area contributed by atoms with E-state index >= 15 is 0 Å². The minimum absolute atomic E-state index is 0.175. The van der Waals surface area contributed by atoms with Crippen LogP contribution in [0.1, 0.15) is 33.9 Å². The van der Waals surface area contributed by atoms with E-state index in [0.29, 0.717) is 11.8 Å². The molecule has 4 aromatic rings. The van der Waals surface area contributed by atoms with E-state index in [1.807, 2.05) is 64.1 Å². The number of ether oxygens (including phenoxy) is 1. The number of aryl methyl sites for hydroxylation is 3. The molecule has 4 rings (SSSR count). The molecule has 0 radical (unpaired) electrons. The normalized spacial score (nSPS) is 11.2. The number of hydrogen-bond donors (Lipinski definition) is 1. The number of hydrogen-bond acceptors (Lipinski definition) is 6. The first kappa shape index (κ1) is 26.1. The minimum Gasteiger partial charge on any atom is -0.489 e. The van der Waals surface area contributed by atoms with Gasteiger partial charge in [0.1, 0.15) is 18.2 Å². The highest BCUT2D eigenvalue weighted by Crippen LogP contribution is 2.23. The zero-order valence-corrected chi connectivity index (χ0v) is 22.0. The number of nitrogens with zero attached hydrogens (tertiary/aromatic N) is 4. The fourth-order valence-electron chi connectivity index (χ4n) is 3.85. The van der Waals surface area contributed by atoms with E-state index in [-0.39, 0.29) is 17.5 Å². The molecule has 0 unspecified atom stereocenters. The summed E-state index contributed by atoms with van der Waals surface area (Å²) in [7, 11) is 0. The standard InChI is InChI=1S/C28H28FN5O2S/c1-18-13-19(2)32-28(31-18)37-17-27(35)33-30-15-23-14-20(3)34(21(23)4)25-9-11-26(12-10-25)36-16-22-5-7-24(29)8-6-22/h5-15H,16-17H2,1-4H3,(H,33,35)/b30-15-. The zero-order chi connectivity index (χ0) is 26.4. The van der Waals surface area contributed by atoms with Gasteiger partial charge in [-0.05, 0) is 81.8 Å². The second-order valence-electron chi connectivity index (χ2n) is 8.59. The number of hydrazone groups is 1. The average molecular weight is 518 g/mol. The first-order valence-corrected chi connectivity index (χ1v) is 12.7. The van der Waals surface area contributed by atoms with Gasteiger partial charge in [-0.15, -0.1) is 0 Å². The molecule has 0 aliphatic carbocycles. The summed E-state index contributed by atoms with van der Waals surface area (Å²) in [4.78, 5) is 20.9. The summed E-state index contributed by atoms with van der Waals surface area (Å²) in [6.45, 7) is 8.18. The van der Waals surface area contributed by atoms with Crippen LogP contribution in [-0.4, -0.2) is 32.4 Å². The molecule has 190 valence electrons. The Morgan fingerprint density at radius 3 is 2.38 bits per heavy atom. The van der Waals surface area contributed by atoms with E-state index in [2.05, 4.69) is 25.1 Å². The predicted octanol–water partition coefficient (Wildman–Crippen LogP) is 5.46. The molecule has 37 heavy (non-hydrogen) atoms. The number of benzene rings is 2. The van der Waals surface area contributed by atoms with Crippen LogP contribution in [0.2, 0.25) is 0 Å². The van der Waals surface area contributed by atoms with Gasteiger partial charge in [0, 0.05) is 34.0 Å². The van der Waals surface area contributed by atoms with E-state index in [9.17, 15) is 9.18 Å². The van der Waals surface area contributed by atoms with Gasteiger partial charge in [0.25, 0.3) is 5.91 Å². The highest BCUT2D eigenvalue weighted by atomic mass is 32.2. The summed E-state index contributed by atoms with van der Waals surface area (Å²) in [5.74, 6) is 0.410. The van der Waals surface area contributed by atoms with Crippen molar-refractivity contribution in [3.8, 4) is 11.4 Å². The predicted molar refractivity (Wildman–Crippen MR) is 144 cm³/mol. The first-order chi connectivity index (χ1) is 17.8. The zero-order valence-electron chi connectivity index (χ0n) is 21.2. The van der Waals surface area contributed by atoms with Gasteiger partial charge in [0.15, 0.2) is 5.16 Å². The summed E-state index contributed by atoms with van der Waals surface area (Å²) < 4.78 is 21.0. The Balaban J connectivity index is 1.34. The molecule has 2 aromatic carbocycles. The van der Waals surface area contributed by atoms with Gasteiger partial charge in [0.2, 0.25) is 0 Å². The second-order valence-corrected chi connectivity index (χ2v) is 9.53. The third-order valence-electron chi connectivity index (χ3n) is 5.57. The number of rotatable bonds is 9. The fraction of sp³-hybridized carbons (Fsp3) is 0.214. The Kier molecular flexibility index (Phi) is 8.35. The molecular formula is C28H28FN5O2S. The summed E-state index contributed by atoms with van der Waals surface area (Å²) in [5.41, 5.74) is 9.13. The van der Waals surface area contributed by atoms with Crippen molar-refractivity contribution in [3.63, 3.8) is 0 Å². The quantitative estimate of drug-likeness (QED) is 0.138. The molecule has 9 heteroatoms. The van der Waals surface area contributed by atoms with Crippen LogP contribution >= 0.6 is 11.8 Å². The Labute approximate surface area is 219 Å². The van der Waals surface area contributed by atoms with Gasteiger partial charge < -0.3 is 9.30 Å². The number of nitrogens with one attached hydrogen (secondary N) is 1.